The van der Waals surface area contributed by atoms with E-state index in [1.807, 2.05) is 0 Å². The van der Waals surface area contributed by atoms with Gasteiger partial charge in [-0.2, -0.15) is 11.8 Å². The molecule has 2 unspecified atom stereocenters. The zero-order valence-electron chi connectivity index (χ0n) is 7.88. The zero-order chi connectivity index (χ0) is 8.39. The number of nitrogens with one attached hydrogen (secondary N) is 1. The lowest BCUT2D eigenvalue weighted by molar-refractivity contribution is 0.453. The van der Waals surface area contributed by atoms with Crippen LogP contribution in [0.5, 0.6) is 0 Å². The van der Waals surface area contributed by atoms with E-state index in [1.54, 1.807) is 0 Å². The van der Waals surface area contributed by atoms with Gasteiger partial charge in [-0.1, -0.05) is 6.42 Å². The number of hydrogen-bond donors (Lipinski definition) is 1. The van der Waals surface area contributed by atoms with Gasteiger partial charge in [-0.25, -0.2) is 0 Å². The largest absolute Gasteiger partial charge is 0.316 e. The third-order valence-corrected chi connectivity index (χ3v) is 4.56. The average Bonchev–Trinajstić information content (AvgIpc) is 2.92. The van der Waals surface area contributed by atoms with Crippen LogP contribution in [0.3, 0.4) is 0 Å². The Hall–Kier alpha value is 0.310. The summed E-state index contributed by atoms with van der Waals surface area (Å²) in [5.74, 6) is 2.42. The molecule has 0 aromatic heterocycles. The van der Waals surface area contributed by atoms with Gasteiger partial charge in [0, 0.05) is 11.3 Å². The molecule has 2 fully saturated rings. The van der Waals surface area contributed by atoms with Crippen molar-refractivity contribution >= 4 is 11.8 Å². The Kier molecular flexibility index (Phi) is 2.97. The first-order valence-corrected chi connectivity index (χ1v) is 6.25. The van der Waals surface area contributed by atoms with Crippen LogP contribution in [-0.4, -0.2) is 24.1 Å². The van der Waals surface area contributed by atoms with Crippen LogP contribution < -0.4 is 5.32 Å². The summed E-state index contributed by atoms with van der Waals surface area (Å²) in [6, 6.07) is 0.829. The molecule has 1 saturated carbocycles. The van der Waals surface area contributed by atoms with Gasteiger partial charge in [0.15, 0.2) is 0 Å². The SMILES string of the molecule is CNC(C1CC1)C1CCCCS1. The van der Waals surface area contributed by atoms with Crippen LogP contribution >= 0.6 is 11.8 Å². The van der Waals surface area contributed by atoms with E-state index < -0.39 is 0 Å². The number of rotatable bonds is 3. The monoisotopic (exact) mass is 185 g/mol. The minimum atomic E-state index is 0.829. The predicted octanol–water partition coefficient (Wildman–Crippen LogP) is 2.27. The maximum Gasteiger partial charge on any atom is 0.0211 e. The van der Waals surface area contributed by atoms with Gasteiger partial charge in [0.25, 0.3) is 0 Å². The summed E-state index contributed by atoms with van der Waals surface area (Å²) in [6.07, 6.45) is 7.31. The topological polar surface area (TPSA) is 12.0 Å². The summed E-state index contributed by atoms with van der Waals surface area (Å²) < 4.78 is 0. The fourth-order valence-corrected chi connectivity index (χ4v) is 3.80. The molecule has 1 aliphatic heterocycles. The highest BCUT2D eigenvalue weighted by atomic mass is 32.2. The standard InChI is InChI=1S/C10H19NS/c1-11-10(8-5-6-8)9-4-2-3-7-12-9/h8-11H,2-7H2,1H3. The second kappa shape index (κ2) is 4.01. The van der Waals surface area contributed by atoms with Gasteiger partial charge in [-0.15, -0.1) is 0 Å². The fourth-order valence-electron chi connectivity index (χ4n) is 2.23. The van der Waals surface area contributed by atoms with Gasteiger partial charge >= 0.3 is 0 Å². The van der Waals surface area contributed by atoms with Crippen LogP contribution in [0.15, 0.2) is 0 Å². The Labute approximate surface area is 79.7 Å². The maximum absolute atomic E-state index is 3.51. The quantitative estimate of drug-likeness (QED) is 0.724. The molecule has 70 valence electrons. The van der Waals surface area contributed by atoms with Crippen molar-refractivity contribution in [2.24, 2.45) is 5.92 Å². The van der Waals surface area contributed by atoms with E-state index in [-0.39, 0.29) is 0 Å². The first-order valence-electron chi connectivity index (χ1n) is 5.20. The predicted molar refractivity (Wildman–Crippen MR) is 55.7 cm³/mol. The molecule has 12 heavy (non-hydrogen) atoms. The maximum atomic E-state index is 3.51. The lowest BCUT2D eigenvalue weighted by atomic mass is 10.0. The average molecular weight is 185 g/mol. The van der Waals surface area contributed by atoms with Crippen molar-refractivity contribution in [3.05, 3.63) is 0 Å². The molecule has 2 aliphatic rings. The lowest BCUT2D eigenvalue weighted by Crippen LogP contribution is -2.38. The third-order valence-electron chi connectivity index (χ3n) is 3.08. The molecular formula is C10H19NS. The summed E-state index contributed by atoms with van der Waals surface area (Å²) in [7, 11) is 2.14. The minimum Gasteiger partial charge on any atom is -0.316 e. The highest BCUT2D eigenvalue weighted by Gasteiger charge is 2.36. The molecular weight excluding hydrogens is 166 g/mol. The van der Waals surface area contributed by atoms with E-state index in [4.69, 9.17) is 0 Å². The Morgan fingerprint density at radius 1 is 1.25 bits per heavy atom. The lowest BCUT2D eigenvalue weighted by Gasteiger charge is -2.29. The third kappa shape index (κ3) is 1.97. The Morgan fingerprint density at radius 2 is 2.08 bits per heavy atom. The molecule has 0 spiro atoms. The highest BCUT2D eigenvalue weighted by Crippen LogP contribution is 2.39. The van der Waals surface area contributed by atoms with E-state index in [1.165, 1.54) is 37.9 Å². The molecule has 0 radical (unpaired) electrons. The van der Waals surface area contributed by atoms with Gasteiger partial charge in [0.1, 0.15) is 0 Å². The molecule has 0 aromatic carbocycles. The second-order valence-corrected chi connectivity index (χ2v) is 5.40. The van der Waals surface area contributed by atoms with Gasteiger partial charge < -0.3 is 5.32 Å². The van der Waals surface area contributed by atoms with Gasteiger partial charge in [-0.3, -0.25) is 0 Å². The molecule has 1 saturated heterocycles. The number of hydrogen-bond acceptors (Lipinski definition) is 2. The van der Waals surface area contributed by atoms with Gasteiger partial charge in [0.05, 0.1) is 0 Å². The van der Waals surface area contributed by atoms with E-state index >= 15 is 0 Å². The smallest absolute Gasteiger partial charge is 0.0211 e. The second-order valence-electron chi connectivity index (χ2n) is 4.06. The van der Waals surface area contributed by atoms with E-state index in [2.05, 4.69) is 24.1 Å². The van der Waals surface area contributed by atoms with Crippen LogP contribution in [0.2, 0.25) is 0 Å². The molecule has 0 bridgehead atoms. The summed E-state index contributed by atoms with van der Waals surface area (Å²) in [4.78, 5) is 0. The summed E-state index contributed by atoms with van der Waals surface area (Å²) in [5.41, 5.74) is 0. The summed E-state index contributed by atoms with van der Waals surface area (Å²) in [5, 5.41) is 4.44. The Balaban J connectivity index is 1.85. The van der Waals surface area contributed by atoms with Crippen molar-refractivity contribution < 1.29 is 0 Å². The first-order chi connectivity index (χ1) is 5.92. The van der Waals surface area contributed by atoms with Crippen LogP contribution in [0.25, 0.3) is 0 Å². The Morgan fingerprint density at radius 3 is 2.58 bits per heavy atom. The molecule has 2 atom stereocenters. The van der Waals surface area contributed by atoms with Crippen molar-refractivity contribution in [1.29, 1.82) is 0 Å². The Bertz CT molecular complexity index is 139. The van der Waals surface area contributed by atoms with Crippen molar-refractivity contribution in [1.82, 2.24) is 5.32 Å². The highest BCUT2D eigenvalue weighted by molar-refractivity contribution is 8.00. The normalized spacial score (nSPS) is 33.2. The molecule has 2 rings (SSSR count). The zero-order valence-corrected chi connectivity index (χ0v) is 8.70. The molecule has 0 amide bonds. The fraction of sp³-hybridized carbons (Fsp3) is 1.00. The van der Waals surface area contributed by atoms with Crippen molar-refractivity contribution in [3.63, 3.8) is 0 Å². The van der Waals surface area contributed by atoms with Crippen LogP contribution in [0.1, 0.15) is 32.1 Å². The van der Waals surface area contributed by atoms with Crippen LogP contribution in [0.4, 0.5) is 0 Å². The minimum absolute atomic E-state index is 0.829. The number of thioether (sulfide) groups is 1. The van der Waals surface area contributed by atoms with E-state index in [0.29, 0.717) is 0 Å². The van der Waals surface area contributed by atoms with E-state index in [0.717, 1.165) is 17.2 Å². The van der Waals surface area contributed by atoms with Crippen molar-refractivity contribution in [3.8, 4) is 0 Å². The van der Waals surface area contributed by atoms with Crippen LogP contribution in [0, 0.1) is 5.92 Å². The first kappa shape index (κ1) is 8.89. The van der Waals surface area contributed by atoms with Crippen molar-refractivity contribution in [2.45, 2.75) is 43.4 Å². The van der Waals surface area contributed by atoms with Gasteiger partial charge in [-0.05, 0) is 44.4 Å². The summed E-state index contributed by atoms with van der Waals surface area (Å²) in [6.45, 7) is 0. The summed E-state index contributed by atoms with van der Waals surface area (Å²) >= 11 is 2.20. The van der Waals surface area contributed by atoms with Gasteiger partial charge in [0.2, 0.25) is 0 Å². The van der Waals surface area contributed by atoms with E-state index in [9.17, 15) is 0 Å². The molecule has 2 heteroatoms. The van der Waals surface area contributed by atoms with Crippen LogP contribution in [-0.2, 0) is 0 Å². The molecule has 1 heterocycles. The molecule has 0 aromatic rings. The molecule has 1 aliphatic carbocycles. The van der Waals surface area contributed by atoms with Crippen molar-refractivity contribution in [2.75, 3.05) is 12.8 Å². The molecule has 1 N–H and O–H groups in total. The molecule has 1 nitrogen and oxygen atoms in total.